The van der Waals surface area contributed by atoms with Gasteiger partial charge in [0.05, 0.1) is 22.7 Å². The summed E-state index contributed by atoms with van der Waals surface area (Å²) in [4.78, 5) is 50.8. The zero-order chi connectivity index (χ0) is 18.5. The summed E-state index contributed by atoms with van der Waals surface area (Å²) in [5.41, 5.74) is 0.00873. The second kappa shape index (κ2) is 6.32. The van der Waals surface area contributed by atoms with Crippen molar-refractivity contribution in [2.45, 2.75) is 17.8 Å². The smallest absolute Gasteiger partial charge is 0.217 e. The van der Waals surface area contributed by atoms with Gasteiger partial charge in [0.15, 0.2) is 5.78 Å². The maximum absolute atomic E-state index is 12.5. The summed E-state index contributed by atoms with van der Waals surface area (Å²) in [6.45, 7) is 0. The van der Waals surface area contributed by atoms with E-state index < -0.39 is 39.6 Å². The van der Waals surface area contributed by atoms with Crippen molar-refractivity contribution in [3.05, 3.63) is 44.5 Å². The monoisotopic (exact) mass is 417 g/mol. The average molecular weight is 419 g/mol. The summed E-state index contributed by atoms with van der Waals surface area (Å²) in [7, 11) is 0. The standard InChI is InChI=1S/C16H7Cl4NO4/c17-8-4-6(22)5-16(20,15(8)25)21-9-3-1-2-7-10(9)14(24)12(19)11(18)13(7)23/h1-2,4H,3,5H2. The lowest BCUT2D eigenvalue weighted by Crippen LogP contribution is -2.38. The van der Waals surface area contributed by atoms with Crippen LogP contribution in [0.3, 0.4) is 0 Å². The maximum atomic E-state index is 12.5. The van der Waals surface area contributed by atoms with E-state index in [4.69, 9.17) is 46.4 Å². The Morgan fingerprint density at radius 3 is 2.32 bits per heavy atom. The summed E-state index contributed by atoms with van der Waals surface area (Å²) in [6, 6.07) is 0. The number of Topliss-reactive ketones (excluding diaryl/α,β-unsaturated/α-hetero) is 3. The summed E-state index contributed by atoms with van der Waals surface area (Å²) in [5, 5.41) is -1.16. The normalized spacial score (nSPS) is 28.8. The SMILES string of the molecule is O=C1C=C(Cl)C(=O)C(Cl)(N=C2CC=CC3=C2C(=O)C(Cl)=C(Cl)C3=O)C1. The highest BCUT2D eigenvalue weighted by atomic mass is 35.5. The van der Waals surface area contributed by atoms with Gasteiger partial charge in [-0.1, -0.05) is 58.6 Å². The molecule has 0 bridgehead atoms. The lowest BCUT2D eigenvalue weighted by Gasteiger charge is -2.27. The molecule has 0 amide bonds. The summed E-state index contributed by atoms with van der Waals surface area (Å²) in [6.07, 6.45) is 3.69. The zero-order valence-electron chi connectivity index (χ0n) is 12.2. The molecule has 1 atom stereocenters. The molecule has 3 aliphatic carbocycles. The van der Waals surface area contributed by atoms with Gasteiger partial charge in [-0.2, -0.15) is 0 Å². The highest BCUT2D eigenvalue weighted by Crippen LogP contribution is 2.37. The van der Waals surface area contributed by atoms with Gasteiger partial charge in [-0.3, -0.25) is 24.2 Å². The Balaban J connectivity index is 2.13. The second-order valence-electron chi connectivity index (χ2n) is 5.46. The minimum atomic E-state index is -1.97. The first-order chi connectivity index (χ1) is 11.7. The van der Waals surface area contributed by atoms with Gasteiger partial charge in [0, 0.05) is 18.1 Å². The molecule has 128 valence electrons. The molecule has 3 aliphatic rings. The molecule has 0 aromatic heterocycles. The third-order valence-corrected chi connectivity index (χ3v) is 5.28. The third kappa shape index (κ3) is 2.95. The Kier molecular flexibility index (Phi) is 4.62. The van der Waals surface area contributed by atoms with Crippen molar-refractivity contribution < 1.29 is 19.2 Å². The minimum Gasteiger partial charge on any atom is -0.295 e. The van der Waals surface area contributed by atoms with Crippen molar-refractivity contribution in [1.82, 2.24) is 0 Å². The average Bonchev–Trinajstić information content (AvgIpc) is 2.55. The lowest BCUT2D eigenvalue weighted by atomic mass is 9.85. The van der Waals surface area contributed by atoms with Gasteiger partial charge < -0.3 is 0 Å². The van der Waals surface area contributed by atoms with Crippen LogP contribution in [0.4, 0.5) is 0 Å². The molecule has 0 spiro atoms. The van der Waals surface area contributed by atoms with Crippen LogP contribution in [-0.4, -0.2) is 33.8 Å². The van der Waals surface area contributed by atoms with Gasteiger partial charge in [0.1, 0.15) is 10.1 Å². The number of hydrogen-bond acceptors (Lipinski definition) is 5. The fourth-order valence-corrected chi connectivity index (χ4v) is 3.69. The van der Waals surface area contributed by atoms with E-state index >= 15 is 0 Å². The third-order valence-electron chi connectivity index (χ3n) is 3.79. The van der Waals surface area contributed by atoms with Crippen LogP contribution >= 0.6 is 46.4 Å². The van der Waals surface area contributed by atoms with Crippen molar-refractivity contribution in [2.24, 2.45) is 4.99 Å². The highest BCUT2D eigenvalue weighted by Gasteiger charge is 2.44. The van der Waals surface area contributed by atoms with Crippen LogP contribution in [-0.2, 0) is 19.2 Å². The number of allylic oxidation sites excluding steroid dienone is 7. The van der Waals surface area contributed by atoms with Gasteiger partial charge in [-0.25, -0.2) is 0 Å². The molecule has 0 fully saturated rings. The number of aliphatic imine (C=N–C) groups is 1. The van der Waals surface area contributed by atoms with E-state index in [1.807, 2.05) is 0 Å². The quantitative estimate of drug-likeness (QED) is 0.372. The summed E-state index contributed by atoms with van der Waals surface area (Å²) in [5.74, 6) is -2.55. The first-order valence-corrected chi connectivity index (χ1v) is 8.45. The number of hydrogen-bond donors (Lipinski definition) is 0. The van der Waals surface area contributed by atoms with Gasteiger partial charge >= 0.3 is 0 Å². The Morgan fingerprint density at radius 1 is 1.00 bits per heavy atom. The van der Waals surface area contributed by atoms with Crippen molar-refractivity contribution in [1.29, 1.82) is 0 Å². The Labute approximate surface area is 161 Å². The van der Waals surface area contributed by atoms with Gasteiger partial charge in [-0.05, 0) is 0 Å². The molecule has 0 aliphatic heterocycles. The first-order valence-electron chi connectivity index (χ1n) is 6.94. The number of nitrogens with zero attached hydrogens (tertiary/aromatic N) is 1. The van der Waals surface area contributed by atoms with E-state index in [1.54, 1.807) is 6.08 Å². The maximum Gasteiger partial charge on any atom is 0.217 e. The number of ketones is 4. The van der Waals surface area contributed by atoms with Crippen molar-refractivity contribution >= 4 is 75.2 Å². The Bertz CT molecular complexity index is 922. The predicted molar refractivity (Wildman–Crippen MR) is 94.1 cm³/mol. The molecular formula is C16H7Cl4NO4. The molecule has 0 saturated carbocycles. The molecule has 3 rings (SSSR count). The van der Waals surface area contributed by atoms with Crippen LogP contribution in [0, 0.1) is 0 Å². The molecule has 5 nitrogen and oxygen atoms in total. The molecule has 1 unspecified atom stereocenters. The Morgan fingerprint density at radius 2 is 1.64 bits per heavy atom. The molecule has 0 N–H and O–H groups in total. The van der Waals surface area contributed by atoms with Crippen LogP contribution in [0.1, 0.15) is 12.8 Å². The van der Waals surface area contributed by atoms with Crippen LogP contribution < -0.4 is 0 Å². The van der Waals surface area contributed by atoms with E-state index in [0.717, 1.165) is 6.08 Å². The molecule has 0 aromatic carbocycles. The van der Waals surface area contributed by atoms with Crippen LogP contribution in [0.25, 0.3) is 0 Å². The van der Waals surface area contributed by atoms with Gasteiger partial charge in [0.25, 0.3) is 0 Å². The molecular weight excluding hydrogens is 412 g/mol. The number of halogens is 4. The topological polar surface area (TPSA) is 80.6 Å². The number of carbonyl (C=O) groups excluding carboxylic acids is 4. The molecule has 0 aromatic rings. The predicted octanol–water partition coefficient (Wildman–Crippen LogP) is 3.12. The summed E-state index contributed by atoms with van der Waals surface area (Å²) < 4.78 is 0. The fraction of sp³-hybridized carbons (Fsp3) is 0.188. The van der Waals surface area contributed by atoms with E-state index in [0.29, 0.717) is 0 Å². The number of carbonyl (C=O) groups is 4. The van der Waals surface area contributed by atoms with Crippen molar-refractivity contribution in [2.75, 3.05) is 0 Å². The molecule has 25 heavy (non-hydrogen) atoms. The van der Waals surface area contributed by atoms with Gasteiger partial charge in [-0.15, -0.1) is 0 Å². The fourth-order valence-electron chi connectivity index (χ4n) is 2.66. The van der Waals surface area contributed by atoms with Crippen LogP contribution in [0.15, 0.2) is 49.5 Å². The highest BCUT2D eigenvalue weighted by molar-refractivity contribution is 6.61. The number of rotatable bonds is 1. The van der Waals surface area contributed by atoms with E-state index in [-0.39, 0.29) is 33.3 Å². The van der Waals surface area contributed by atoms with E-state index in [9.17, 15) is 19.2 Å². The second-order valence-corrected chi connectivity index (χ2v) is 7.25. The lowest BCUT2D eigenvalue weighted by molar-refractivity contribution is -0.123. The molecule has 0 heterocycles. The molecule has 0 radical (unpaired) electrons. The van der Waals surface area contributed by atoms with Gasteiger partial charge in [0.2, 0.25) is 22.3 Å². The molecule has 0 saturated heterocycles. The zero-order valence-corrected chi connectivity index (χ0v) is 15.3. The first kappa shape index (κ1) is 18.3. The van der Waals surface area contributed by atoms with Crippen LogP contribution in [0.2, 0.25) is 0 Å². The van der Waals surface area contributed by atoms with Crippen LogP contribution in [0.5, 0.6) is 0 Å². The largest absolute Gasteiger partial charge is 0.295 e. The molecule has 9 heteroatoms. The van der Waals surface area contributed by atoms with Crippen molar-refractivity contribution in [3.8, 4) is 0 Å². The minimum absolute atomic E-state index is 0.0147. The van der Waals surface area contributed by atoms with E-state index in [1.165, 1.54) is 6.08 Å². The number of alkyl halides is 1. The van der Waals surface area contributed by atoms with Crippen molar-refractivity contribution in [3.63, 3.8) is 0 Å². The Hall–Kier alpha value is -1.53. The van der Waals surface area contributed by atoms with E-state index in [2.05, 4.69) is 4.99 Å². The summed E-state index contributed by atoms with van der Waals surface area (Å²) >= 11 is 23.6.